The average molecular weight is 394 g/mol. The van der Waals surface area contributed by atoms with Gasteiger partial charge in [0, 0.05) is 17.4 Å². The average Bonchev–Trinajstić information content (AvgIpc) is 3.22. The fourth-order valence-electron chi connectivity index (χ4n) is 3.19. The molecule has 0 aliphatic carbocycles. The number of aromatic nitrogens is 7. The summed E-state index contributed by atoms with van der Waals surface area (Å²) < 4.78 is 1.70. The van der Waals surface area contributed by atoms with Gasteiger partial charge in [-0.3, -0.25) is 0 Å². The van der Waals surface area contributed by atoms with E-state index in [1.165, 1.54) is 0 Å². The summed E-state index contributed by atoms with van der Waals surface area (Å²) in [4.78, 5) is 13.5. The monoisotopic (exact) mass is 394 g/mol. The minimum Gasteiger partial charge on any atom is -0.324 e. The van der Waals surface area contributed by atoms with Gasteiger partial charge in [0.1, 0.15) is 5.69 Å². The van der Waals surface area contributed by atoms with Crippen LogP contribution in [0.2, 0.25) is 0 Å². The molecular weight excluding hydrogens is 376 g/mol. The lowest BCUT2D eigenvalue weighted by Crippen LogP contribution is -2.05. The molecule has 0 spiro atoms. The molecule has 5 aromatic rings. The van der Waals surface area contributed by atoms with Crippen LogP contribution in [-0.4, -0.2) is 34.8 Å². The molecule has 0 atom stereocenters. The first-order valence-corrected chi connectivity index (χ1v) is 9.50. The number of fused-ring (bicyclic) bond motifs is 1. The maximum Gasteiger partial charge on any atom is 0.272 e. The van der Waals surface area contributed by atoms with E-state index >= 15 is 0 Å². The molecule has 0 fully saturated rings. The Balaban J connectivity index is 1.53. The first-order valence-electron chi connectivity index (χ1n) is 9.50. The van der Waals surface area contributed by atoms with Gasteiger partial charge in [-0.05, 0) is 31.5 Å². The van der Waals surface area contributed by atoms with Crippen LogP contribution < -0.4 is 5.32 Å². The molecule has 0 aliphatic rings. The van der Waals surface area contributed by atoms with Crippen molar-refractivity contribution in [3.8, 4) is 22.8 Å². The van der Waals surface area contributed by atoms with Crippen molar-refractivity contribution in [2.24, 2.45) is 0 Å². The number of rotatable bonds is 4. The highest BCUT2D eigenvalue weighted by atomic mass is 15.4. The maximum atomic E-state index is 4.63. The number of hydrogen-bond acceptors (Lipinski definition) is 7. The maximum absolute atomic E-state index is 4.63. The largest absolute Gasteiger partial charge is 0.324 e. The van der Waals surface area contributed by atoms with E-state index in [0.29, 0.717) is 28.9 Å². The summed E-state index contributed by atoms with van der Waals surface area (Å²) in [7, 11) is 0. The molecule has 1 N–H and O–H groups in total. The van der Waals surface area contributed by atoms with E-state index < -0.39 is 0 Å². The molecule has 3 heterocycles. The van der Waals surface area contributed by atoms with E-state index in [1.807, 2.05) is 68.4 Å². The topological polar surface area (TPSA) is 93.8 Å². The van der Waals surface area contributed by atoms with Crippen molar-refractivity contribution < 1.29 is 0 Å². The molecule has 2 aromatic carbocycles. The Morgan fingerprint density at radius 2 is 1.63 bits per heavy atom. The fourth-order valence-corrected chi connectivity index (χ4v) is 3.19. The molecule has 0 saturated heterocycles. The van der Waals surface area contributed by atoms with E-state index in [1.54, 1.807) is 16.8 Å². The second-order valence-corrected chi connectivity index (χ2v) is 6.85. The van der Waals surface area contributed by atoms with Gasteiger partial charge in [0.15, 0.2) is 5.82 Å². The lowest BCUT2D eigenvalue weighted by Gasteiger charge is -2.09. The smallest absolute Gasteiger partial charge is 0.272 e. The highest BCUT2D eigenvalue weighted by molar-refractivity contribution is 5.63. The molecular formula is C22H18N8. The third kappa shape index (κ3) is 3.24. The molecule has 146 valence electrons. The first-order chi connectivity index (χ1) is 14.7. The van der Waals surface area contributed by atoms with Crippen molar-refractivity contribution in [1.29, 1.82) is 0 Å². The number of benzene rings is 2. The minimum absolute atomic E-state index is 0.447. The van der Waals surface area contributed by atoms with Gasteiger partial charge in [0.2, 0.25) is 5.95 Å². The third-order valence-electron chi connectivity index (χ3n) is 4.81. The summed E-state index contributed by atoms with van der Waals surface area (Å²) in [6.45, 7) is 3.96. The highest BCUT2D eigenvalue weighted by Crippen LogP contribution is 2.23. The van der Waals surface area contributed by atoms with Crippen LogP contribution >= 0.6 is 0 Å². The Morgan fingerprint density at radius 1 is 0.833 bits per heavy atom. The van der Waals surface area contributed by atoms with E-state index in [0.717, 1.165) is 22.5 Å². The summed E-state index contributed by atoms with van der Waals surface area (Å²) in [5.74, 6) is 1.55. The van der Waals surface area contributed by atoms with Crippen molar-refractivity contribution in [3.63, 3.8) is 0 Å². The fraction of sp³-hybridized carbons (Fsp3) is 0.0909. The summed E-state index contributed by atoms with van der Waals surface area (Å²) in [6.07, 6.45) is 1.70. The van der Waals surface area contributed by atoms with Gasteiger partial charge in [-0.15, -0.1) is 15.3 Å². The molecule has 8 nitrogen and oxygen atoms in total. The predicted molar refractivity (Wildman–Crippen MR) is 114 cm³/mol. The molecule has 5 rings (SSSR count). The van der Waals surface area contributed by atoms with Crippen molar-refractivity contribution in [3.05, 3.63) is 78.1 Å². The predicted octanol–water partition coefficient (Wildman–Crippen LogP) is 4.00. The lowest BCUT2D eigenvalue weighted by molar-refractivity contribution is 0.851. The van der Waals surface area contributed by atoms with Crippen molar-refractivity contribution in [1.82, 2.24) is 34.8 Å². The van der Waals surface area contributed by atoms with Crippen LogP contribution in [0.25, 0.3) is 28.6 Å². The number of nitrogens with zero attached hydrogens (tertiary/aromatic N) is 7. The second-order valence-electron chi connectivity index (χ2n) is 6.85. The molecule has 0 unspecified atom stereocenters. The molecule has 0 aliphatic heterocycles. The highest BCUT2D eigenvalue weighted by Gasteiger charge is 2.15. The summed E-state index contributed by atoms with van der Waals surface area (Å²) in [5, 5.41) is 16.5. The Kier molecular flexibility index (Phi) is 4.36. The molecule has 30 heavy (non-hydrogen) atoms. The number of aryl methyl sites for hydroxylation is 2. The van der Waals surface area contributed by atoms with Crippen LogP contribution in [0.4, 0.5) is 11.6 Å². The molecule has 0 saturated carbocycles. The van der Waals surface area contributed by atoms with E-state index in [9.17, 15) is 0 Å². The number of hydrogen-bond donors (Lipinski definition) is 1. The second kappa shape index (κ2) is 7.32. The van der Waals surface area contributed by atoms with E-state index in [-0.39, 0.29) is 0 Å². The number of nitrogens with one attached hydrogen (secondary N) is 1. The van der Waals surface area contributed by atoms with Crippen LogP contribution in [0, 0.1) is 13.8 Å². The number of anilines is 2. The van der Waals surface area contributed by atoms with Gasteiger partial charge in [0.05, 0.1) is 11.4 Å². The van der Waals surface area contributed by atoms with Crippen LogP contribution in [0.15, 0.2) is 66.9 Å². The van der Waals surface area contributed by atoms with Crippen molar-refractivity contribution in [2.75, 3.05) is 5.32 Å². The van der Waals surface area contributed by atoms with Crippen molar-refractivity contribution in [2.45, 2.75) is 13.8 Å². The molecule has 8 heteroatoms. The molecule has 0 radical (unpaired) electrons. The summed E-state index contributed by atoms with van der Waals surface area (Å²) in [6, 6.07) is 19.6. The third-order valence-corrected chi connectivity index (χ3v) is 4.81. The summed E-state index contributed by atoms with van der Waals surface area (Å²) in [5.41, 5.74) is 5.08. The lowest BCUT2D eigenvalue weighted by atomic mass is 10.2. The minimum atomic E-state index is 0.447. The summed E-state index contributed by atoms with van der Waals surface area (Å²) >= 11 is 0. The zero-order valence-electron chi connectivity index (χ0n) is 16.5. The van der Waals surface area contributed by atoms with Gasteiger partial charge in [-0.1, -0.05) is 48.5 Å². The van der Waals surface area contributed by atoms with Gasteiger partial charge < -0.3 is 5.32 Å². The Labute approximate surface area is 172 Å². The SMILES string of the molecule is Cc1ccccc1Nc1nccc(-c2nnc3nc(-c4ccccc4)nn3c2C)n1. The molecule has 0 amide bonds. The quantitative estimate of drug-likeness (QED) is 0.492. The van der Waals surface area contributed by atoms with Crippen molar-refractivity contribution >= 4 is 17.4 Å². The van der Waals surface area contributed by atoms with Gasteiger partial charge in [-0.2, -0.15) is 9.50 Å². The Bertz CT molecular complexity index is 1340. The van der Waals surface area contributed by atoms with E-state index in [2.05, 4.69) is 35.6 Å². The molecule has 3 aromatic heterocycles. The zero-order valence-corrected chi connectivity index (χ0v) is 16.5. The standard InChI is InChI=1S/C22H18N8/c1-14-8-6-7-11-17(14)24-21-23-13-12-18(25-21)19-15(2)30-22(28-27-19)26-20(29-30)16-9-4-3-5-10-16/h3-13H,1-2H3,(H,23,24,25). The Hall–Kier alpha value is -4.20. The Morgan fingerprint density at radius 3 is 2.47 bits per heavy atom. The van der Waals surface area contributed by atoms with E-state index in [4.69, 9.17) is 0 Å². The van der Waals surface area contributed by atoms with Crippen LogP contribution in [0.1, 0.15) is 11.3 Å². The van der Waals surface area contributed by atoms with Crippen LogP contribution in [0.3, 0.4) is 0 Å². The van der Waals surface area contributed by atoms with Crippen LogP contribution in [-0.2, 0) is 0 Å². The molecule has 0 bridgehead atoms. The normalized spacial score (nSPS) is 11.0. The van der Waals surface area contributed by atoms with Crippen LogP contribution in [0.5, 0.6) is 0 Å². The first kappa shape index (κ1) is 17.9. The van der Waals surface area contributed by atoms with Gasteiger partial charge >= 0.3 is 0 Å². The zero-order chi connectivity index (χ0) is 20.5. The number of para-hydroxylation sites is 1. The van der Waals surface area contributed by atoms with Gasteiger partial charge in [-0.25, -0.2) is 9.97 Å². The van der Waals surface area contributed by atoms with Gasteiger partial charge in [0.25, 0.3) is 5.78 Å².